The van der Waals surface area contributed by atoms with Crippen molar-refractivity contribution in [3.05, 3.63) is 72.0 Å². The molecule has 4 aromatic rings. The van der Waals surface area contributed by atoms with Gasteiger partial charge in [0.15, 0.2) is 11.5 Å². The molecule has 0 aliphatic rings. The van der Waals surface area contributed by atoms with Crippen molar-refractivity contribution < 1.29 is 18.6 Å². The van der Waals surface area contributed by atoms with E-state index in [9.17, 15) is 4.39 Å². The highest BCUT2D eigenvalue weighted by Gasteiger charge is 2.17. The lowest BCUT2D eigenvalue weighted by Crippen LogP contribution is -2.04. The fraction of sp³-hybridized carbons (Fsp3) is 0.174. The standard InChI is InChI=1S/C23H21FN2O3/c1-27-20-11-15(12-21(28-2)22(20)29-3)14-26-19-10-9-17(24)13-18(19)25-23(26)16-7-5-4-6-8-16/h4-13H,14H2,1-3H3. The average molecular weight is 392 g/mol. The molecule has 1 aromatic heterocycles. The number of benzene rings is 3. The number of hydrogen-bond acceptors (Lipinski definition) is 4. The number of halogens is 1. The van der Waals surface area contributed by atoms with Crippen molar-refractivity contribution in [3.63, 3.8) is 0 Å². The molecule has 0 N–H and O–H groups in total. The highest BCUT2D eigenvalue weighted by atomic mass is 19.1. The lowest BCUT2D eigenvalue weighted by Gasteiger charge is -2.15. The van der Waals surface area contributed by atoms with Crippen LogP contribution in [0.2, 0.25) is 0 Å². The molecular formula is C23H21FN2O3. The van der Waals surface area contributed by atoms with Gasteiger partial charge in [-0.05, 0) is 29.8 Å². The number of ether oxygens (including phenoxy) is 3. The Balaban J connectivity index is 1.88. The van der Waals surface area contributed by atoms with E-state index in [1.807, 2.05) is 42.5 Å². The van der Waals surface area contributed by atoms with Crippen LogP contribution in [0.15, 0.2) is 60.7 Å². The normalized spacial score (nSPS) is 10.9. The maximum Gasteiger partial charge on any atom is 0.203 e. The maximum absolute atomic E-state index is 13.8. The summed E-state index contributed by atoms with van der Waals surface area (Å²) >= 11 is 0. The quantitative estimate of drug-likeness (QED) is 0.467. The Kier molecular flexibility index (Phi) is 5.08. The number of fused-ring (bicyclic) bond motifs is 1. The van der Waals surface area contributed by atoms with Crippen LogP contribution in [0.25, 0.3) is 22.4 Å². The Labute approximate surface area is 168 Å². The molecule has 0 bridgehead atoms. The number of imidazole rings is 1. The molecule has 0 aliphatic carbocycles. The molecule has 0 amide bonds. The van der Waals surface area contributed by atoms with E-state index in [1.165, 1.54) is 12.1 Å². The maximum atomic E-state index is 13.8. The van der Waals surface area contributed by atoms with Crippen LogP contribution in [-0.2, 0) is 6.54 Å². The van der Waals surface area contributed by atoms with E-state index in [0.29, 0.717) is 29.3 Å². The van der Waals surface area contributed by atoms with Crippen molar-refractivity contribution in [1.29, 1.82) is 0 Å². The Morgan fingerprint density at radius 3 is 2.17 bits per heavy atom. The minimum Gasteiger partial charge on any atom is -0.493 e. The van der Waals surface area contributed by atoms with Crippen LogP contribution in [0, 0.1) is 5.82 Å². The van der Waals surface area contributed by atoms with Crippen LogP contribution in [-0.4, -0.2) is 30.9 Å². The van der Waals surface area contributed by atoms with Gasteiger partial charge in [0.2, 0.25) is 5.75 Å². The molecule has 0 aliphatic heterocycles. The van der Waals surface area contributed by atoms with Crippen molar-refractivity contribution in [2.45, 2.75) is 6.54 Å². The second-order valence-corrected chi connectivity index (χ2v) is 6.55. The largest absolute Gasteiger partial charge is 0.493 e. The molecule has 0 saturated heterocycles. The van der Waals surface area contributed by atoms with Crippen molar-refractivity contribution in [2.24, 2.45) is 0 Å². The first-order valence-corrected chi connectivity index (χ1v) is 9.14. The van der Waals surface area contributed by atoms with E-state index in [0.717, 1.165) is 22.5 Å². The second kappa shape index (κ2) is 7.83. The molecule has 0 fully saturated rings. The summed E-state index contributed by atoms with van der Waals surface area (Å²) in [5.41, 5.74) is 3.35. The van der Waals surface area contributed by atoms with Crippen LogP contribution in [0.1, 0.15) is 5.56 Å². The van der Waals surface area contributed by atoms with Crippen LogP contribution in [0.3, 0.4) is 0 Å². The first-order chi connectivity index (χ1) is 14.1. The fourth-order valence-electron chi connectivity index (χ4n) is 3.48. The zero-order valence-electron chi connectivity index (χ0n) is 16.5. The number of rotatable bonds is 6. The van der Waals surface area contributed by atoms with Crippen molar-refractivity contribution in [2.75, 3.05) is 21.3 Å². The summed E-state index contributed by atoms with van der Waals surface area (Å²) in [6.45, 7) is 0.503. The summed E-state index contributed by atoms with van der Waals surface area (Å²) < 4.78 is 32.2. The van der Waals surface area contributed by atoms with Crippen LogP contribution >= 0.6 is 0 Å². The lowest BCUT2D eigenvalue weighted by molar-refractivity contribution is 0.323. The van der Waals surface area contributed by atoms with Gasteiger partial charge in [-0.3, -0.25) is 0 Å². The van der Waals surface area contributed by atoms with E-state index in [1.54, 1.807) is 27.4 Å². The number of hydrogen-bond donors (Lipinski definition) is 0. The van der Waals surface area contributed by atoms with Crippen molar-refractivity contribution in [3.8, 4) is 28.6 Å². The zero-order chi connectivity index (χ0) is 20.4. The van der Waals surface area contributed by atoms with Crippen molar-refractivity contribution >= 4 is 11.0 Å². The minimum absolute atomic E-state index is 0.311. The molecule has 0 radical (unpaired) electrons. The van der Waals surface area contributed by atoms with E-state index in [2.05, 4.69) is 4.57 Å². The first-order valence-electron chi connectivity index (χ1n) is 9.14. The van der Waals surface area contributed by atoms with E-state index in [-0.39, 0.29) is 5.82 Å². The summed E-state index contributed by atoms with van der Waals surface area (Å²) in [4.78, 5) is 4.69. The average Bonchev–Trinajstić information content (AvgIpc) is 3.10. The van der Waals surface area contributed by atoms with Gasteiger partial charge >= 0.3 is 0 Å². The Hall–Kier alpha value is -3.54. The van der Waals surface area contributed by atoms with Gasteiger partial charge in [-0.2, -0.15) is 0 Å². The third kappa shape index (κ3) is 3.49. The Morgan fingerprint density at radius 2 is 1.55 bits per heavy atom. The third-order valence-corrected chi connectivity index (χ3v) is 4.81. The van der Waals surface area contributed by atoms with Gasteiger partial charge in [0, 0.05) is 18.2 Å². The van der Waals surface area contributed by atoms with E-state index >= 15 is 0 Å². The van der Waals surface area contributed by atoms with Gasteiger partial charge < -0.3 is 18.8 Å². The molecular weight excluding hydrogens is 371 g/mol. The van der Waals surface area contributed by atoms with E-state index < -0.39 is 0 Å². The zero-order valence-corrected chi connectivity index (χ0v) is 16.5. The molecule has 0 spiro atoms. The van der Waals surface area contributed by atoms with Gasteiger partial charge in [0.1, 0.15) is 11.6 Å². The van der Waals surface area contributed by atoms with Gasteiger partial charge in [-0.25, -0.2) is 9.37 Å². The highest BCUT2D eigenvalue weighted by Crippen LogP contribution is 2.39. The molecule has 4 rings (SSSR count). The monoisotopic (exact) mass is 392 g/mol. The van der Waals surface area contributed by atoms with Crippen LogP contribution in [0.4, 0.5) is 4.39 Å². The molecule has 29 heavy (non-hydrogen) atoms. The first kappa shape index (κ1) is 18.8. The van der Waals surface area contributed by atoms with E-state index in [4.69, 9.17) is 19.2 Å². The number of methoxy groups -OCH3 is 3. The topological polar surface area (TPSA) is 45.5 Å². The van der Waals surface area contributed by atoms with Gasteiger partial charge in [-0.15, -0.1) is 0 Å². The third-order valence-electron chi connectivity index (χ3n) is 4.81. The molecule has 148 valence electrons. The SMILES string of the molecule is COc1cc(Cn2c(-c3ccccc3)nc3cc(F)ccc32)cc(OC)c1OC. The molecule has 0 atom stereocenters. The smallest absolute Gasteiger partial charge is 0.203 e. The van der Waals surface area contributed by atoms with Crippen molar-refractivity contribution in [1.82, 2.24) is 9.55 Å². The molecule has 1 heterocycles. The summed E-state index contributed by atoms with van der Waals surface area (Å²) in [7, 11) is 4.75. The molecule has 3 aromatic carbocycles. The second-order valence-electron chi connectivity index (χ2n) is 6.55. The van der Waals surface area contributed by atoms with Gasteiger partial charge in [0.05, 0.1) is 32.4 Å². The highest BCUT2D eigenvalue weighted by molar-refractivity contribution is 5.81. The molecule has 5 nitrogen and oxygen atoms in total. The lowest BCUT2D eigenvalue weighted by atomic mass is 10.1. The molecule has 0 saturated carbocycles. The predicted molar refractivity (Wildman–Crippen MR) is 110 cm³/mol. The Morgan fingerprint density at radius 1 is 0.862 bits per heavy atom. The summed E-state index contributed by atoms with van der Waals surface area (Å²) in [6.07, 6.45) is 0. The summed E-state index contributed by atoms with van der Waals surface area (Å²) in [6, 6.07) is 18.3. The van der Waals surface area contributed by atoms with Crippen LogP contribution in [0.5, 0.6) is 17.2 Å². The number of aromatic nitrogens is 2. The summed E-state index contributed by atoms with van der Waals surface area (Å²) in [5.74, 6) is 2.16. The predicted octanol–water partition coefficient (Wildman–Crippen LogP) is 4.92. The number of nitrogens with zero attached hydrogens (tertiary/aromatic N) is 2. The fourth-order valence-corrected chi connectivity index (χ4v) is 3.48. The van der Waals surface area contributed by atoms with Gasteiger partial charge in [-0.1, -0.05) is 30.3 Å². The molecule has 6 heteroatoms. The summed E-state index contributed by atoms with van der Waals surface area (Å²) in [5, 5.41) is 0. The Bertz CT molecular complexity index is 1130. The minimum atomic E-state index is -0.311. The molecule has 0 unspecified atom stereocenters. The van der Waals surface area contributed by atoms with Gasteiger partial charge in [0.25, 0.3) is 0 Å². The van der Waals surface area contributed by atoms with Crippen LogP contribution < -0.4 is 14.2 Å².